The van der Waals surface area contributed by atoms with Gasteiger partial charge < -0.3 is 24.3 Å². The number of fused-ring (bicyclic) bond motifs is 1. The Labute approximate surface area is 228 Å². The van der Waals surface area contributed by atoms with E-state index in [1.807, 2.05) is 6.07 Å². The van der Waals surface area contributed by atoms with Crippen LogP contribution in [0.2, 0.25) is 0 Å². The van der Waals surface area contributed by atoms with E-state index < -0.39 is 11.7 Å². The number of H-pyrrole nitrogens is 1. The molecule has 9 heteroatoms. The second-order valence-corrected chi connectivity index (χ2v) is 11.3. The monoisotopic (exact) mass is 544 g/mol. The maximum absolute atomic E-state index is 14.3. The van der Waals surface area contributed by atoms with Crippen molar-refractivity contribution in [2.24, 2.45) is 5.92 Å². The maximum Gasteiger partial charge on any atom is 0.416 e. The first-order valence-electron chi connectivity index (χ1n) is 14.0. The first-order valence-corrected chi connectivity index (χ1v) is 14.0. The average Bonchev–Trinajstić information content (AvgIpc) is 3.35. The molecule has 0 spiro atoms. The number of likely N-dealkylation sites (tertiary alicyclic amines) is 2. The smallest absolute Gasteiger partial charge is 0.416 e. The number of nitrogens with zero attached hydrogens (tertiary/aromatic N) is 3. The van der Waals surface area contributed by atoms with Crippen LogP contribution in [0.4, 0.5) is 13.2 Å². The Morgan fingerprint density at radius 1 is 0.949 bits per heavy atom. The van der Waals surface area contributed by atoms with Gasteiger partial charge in [-0.15, -0.1) is 0 Å². The molecule has 0 saturated carbocycles. The summed E-state index contributed by atoms with van der Waals surface area (Å²) in [5.74, 6) is 2.14. The number of hydrogen-bond donors (Lipinski definition) is 1. The van der Waals surface area contributed by atoms with Crippen LogP contribution in [0.5, 0.6) is 11.5 Å². The van der Waals surface area contributed by atoms with Crippen LogP contribution in [0.3, 0.4) is 0 Å². The third-order valence-corrected chi connectivity index (χ3v) is 8.28. The zero-order chi connectivity index (χ0) is 27.7. The van der Waals surface area contributed by atoms with Gasteiger partial charge in [-0.25, -0.2) is 4.98 Å². The lowest BCUT2D eigenvalue weighted by molar-refractivity contribution is -0.138. The third-order valence-electron chi connectivity index (χ3n) is 8.28. The largest absolute Gasteiger partial charge is 0.493 e. The molecule has 6 nitrogen and oxygen atoms in total. The molecule has 2 aliphatic heterocycles. The Balaban J connectivity index is 1.35. The lowest BCUT2D eigenvalue weighted by Gasteiger charge is -2.42. The van der Waals surface area contributed by atoms with Crippen LogP contribution in [0.1, 0.15) is 56.6 Å². The number of rotatable bonds is 7. The predicted molar refractivity (Wildman–Crippen MR) is 147 cm³/mol. The van der Waals surface area contributed by atoms with Gasteiger partial charge in [0.1, 0.15) is 5.82 Å². The number of imidazole rings is 1. The fourth-order valence-electron chi connectivity index (χ4n) is 6.34. The van der Waals surface area contributed by atoms with Crippen molar-refractivity contribution in [1.82, 2.24) is 19.8 Å². The van der Waals surface area contributed by atoms with Crippen LogP contribution in [0.15, 0.2) is 30.3 Å². The number of benzene rings is 2. The number of methoxy groups -OCH3 is 2. The van der Waals surface area contributed by atoms with Crippen molar-refractivity contribution < 1.29 is 22.6 Å². The highest BCUT2D eigenvalue weighted by Gasteiger charge is 2.38. The molecule has 2 aliphatic rings. The van der Waals surface area contributed by atoms with E-state index in [9.17, 15) is 13.2 Å². The van der Waals surface area contributed by atoms with Crippen molar-refractivity contribution in [2.75, 3.05) is 46.9 Å². The SMILES string of the molecule is COc1ccc(-c2nc3cc(C(F)(F)F)c(C4CCN(C5CCN(CC(C)C)CC5)CC4)cc3[nH]2)cc1OC. The molecule has 0 bridgehead atoms. The van der Waals surface area contributed by atoms with E-state index in [1.165, 1.54) is 6.07 Å². The molecule has 212 valence electrons. The second kappa shape index (κ2) is 11.4. The van der Waals surface area contributed by atoms with Crippen molar-refractivity contribution >= 4 is 11.0 Å². The summed E-state index contributed by atoms with van der Waals surface area (Å²) in [6.45, 7) is 9.55. The van der Waals surface area contributed by atoms with Crippen LogP contribution in [-0.2, 0) is 6.18 Å². The van der Waals surface area contributed by atoms with Gasteiger partial charge in [-0.1, -0.05) is 13.8 Å². The van der Waals surface area contributed by atoms with E-state index >= 15 is 0 Å². The summed E-state index contributed by atoms with van der Waals surface area (Å²) in [5, 5.41) is 0. The second-order valence-electron chi connectivity index (χ2n) is 11.3. The van der Waals surface area contributed by atoms with E-state index in [2.05, 4.69) is 33.6 Å². The minimum absolute atomic E-state index is 0.129. The molecule has 0 aliphatic carbocycles. The van der Waals surface area contributed by atoms with E-state index in [0.29, 0.717) is 51.4 Å². The summed E-state index contributed by atoms with van der Waals surface area (Å²) in [6, 6.07) is 8.77. The molecule has 0 amide bonds. The van der Waals surface area contributed by atoms with Crippen molar-refractivity contribution in [3.05, 3.63) is 41.5 Å². The lowest BCUT2D eigenvalue weighted by Crippen LogP contribution is -2.48. The van der Waals surface area contributed by atoms with Gasteiger partial charge in [0.15, 0.2) is 11.5 Å². The number of aromatic amines is 1. The number of ether oxygens (including phenoxy) is 2. The number of halogens is 3. The molecule has 0 unspecified atom stereocenters. The van der Waals surface area contributed by atoms with Gasteiger partial charge in [-0.05, 0) is 99.6 Å². The Morgan fingerprint density at radius 2 is 1.64 bits per heavy atom. The minimum atomic E-state index is -4.44. The van der Waals surface area contributed by atoms with E-state index in [1.54, 1.807) is 32.4 Å². The molecule has 3 aromatic rings. The number of alkyl halides is 3. The summed E-state index contributed by atoms with van der Waals surface area (Å²) < 4.78 is 53.4. The fourth-order valence-corrected chi connectivity index (χ4v) is 6.34. The molecule has 0 radical (unpaired) electrons. The van der Waals surface area contributed by atoms with Gasteiger partial charge in [0.05, 0.1) is 30.8 Å². The topological polar surface area (TPSA) is 53.6 Å². The Hall–Kier alpha value is -2.78. The van der Waals surface area contributed by atoms with Crippen LogP contribution in [0.25, 0.3) is 22.4 Å². The van der Waals surface area contributed by atoms with Crippen molar-refractivity contribution in [3.8, 4) is 22.9 Å². The first-order chi connectivity index (χ1) is 18.7. The Kier molecular flexibility index (Phi) is 8.10. The molecule has 0 atom stereocenters. The molecular weight excluding hydrogens is 505 g/mol. The number of piperidine rings is 2. The lowest BCUT2D eigenvalue weighted by atomic mass is 9.85. The number of hydrogen-bond acceptors (Lipinski definition) is 5. The molecule has 2 aromatic carbocycles. The van der Waals surface area contributed by atoms with Gasteiger partial charge in [-0.3, -0.25) is 0 Å². The number of nitrogens with one attached hydrogen (secondary N) is 1. The fraction of sp³-hybridized carbons (Fsp3) is 0.567. The van der Waals surface area contributed by atoms with Gasteiger partial charge >= 0.3 is 6.18 Å². The summed E-state index contributed by atoms with van der Waals surface area (Å²) in [4.78, 5) is 12.8. The van der Waals surface area contributed by atoms with Gasteiger partial charge in [-0.2, -0.15) is 13.2 Å². The molecule has 2 saturated heterocycles. The van der Waals surface area contributed by atoms with Crippen molar-refractivity contribution in [2.45, 2.75) is 57.7 Å². The minimum Gasteiger partial charge on any atom is -0.493 e. The van der Waals surface area contributed by atoms with Crippen LogP contribution >= 0.6 is 0 Å². The first kappa shape index (κ1) is 27.8. The average molecular weight is 545 g/mol. The molecule has 3 heterocycles. The van der Waals surface area contributed by atoms with E-state index in [4.69, 9.17) is 9.47 Å². The van der Waals surface area contributed by atoms with Crippen LogP contribution in [-0.4, -0.2) is 72.8 Å². The maximum atomic E-state index is 14.3. The molecule has 2 fully saturated rings. The van der Waals surface area contributed by atoms with Crippen LogP contribution in [0, 0.1) is 5.92 Å². The molecule has 5 rings (SSSR count). The van der Waals surface area contributed by atoms with Crippen LogP contribution < -0.4 is 9.47 Å². The Morgan fingerprint density at radius 3 is 2.26 bits per heavy atom. The van der Waals surface area contributed by atoms with E-state index in [0.717, 1.165) is 58.4 Å². The van der Waals surface area contributed by atoms with Crippen molar-refractivity contribution in [1.29, 1.82) is 0 Å². The summed E-state index contributed by atoms with van der Waals surface area (Å²) >= 11 is 0. The predicted octanol–water partition coefficient (Wildman–Crippen LogP) is 6.57. The summed E-state index contributed by atoms with van der Waals surface area (Å²) in [7, 11) is 3.10. The number of aromatic nitrogens is 2. The highest BCUT2D eigenvalue weighted by Crippen LogP contribution is 2.42. The molecule has 39 heavy (non-hydrogen) atoms. The molecule has 1 N–H and O–H groups in total. The van der Waals surface area contributed by atoms with E-state index in [-0.39, 0.29) is 5.92 Å². The quantitative estimate of drug-likeness (QED) is 0.365. The van der Waals surface area contributed by atoms with Gasteiger partial charge in [0.25, 0.3) is 0 Å². The highest BCUT2D eigenvalue weighted by molar-refractivity contribution is 5.82. The zero-order valence-corrected chi connectivity index (χ0v) is 23.3. The van der Waals surface area contributed by atoms with Gasteiger partial charge in [0.2, 0.25) is 0 Å². The normalized spacial score (nSPS) is 18.8. The molecule has 1 aromatic heterocycles. The molecular formula is C30H39F3N4O2. The highest BCUT2D eigenvalue weighted by atomic mass is 19.4. The standard InChI is InChI=1S/C30H39F3N4O2/c1-19(2)18-36-11-9-22(10-12-36)37-13-7-20(8-14-37)23-16-25-26(17-24(23)30(31,32)33)35-29(34-25)21-5-6-27(38-3)28(15-21)39-4/h5-6,15-17,19-20,22H,7-14,18H2,1-4H3,(H,34,35). The Bertz CT molecular complexity index is 1270. The summed E-state index contributed by atoms with van der Waals surface area (Å²) in [5.41, 5.74) is 1.45. The third kappa shape index (κ3) is 6.04. The zero-order valence-electron chi connectivity index (χ0n) is 23.3. The van der Waals surface area contributed by atoms with Gasteiger partial charge in [0, 0.05) is 18.2 Å². The summed E-state index contributed by atoms with van der Waals surface area (Å²) in [6.07, 6.45) is -0.685. The van der Waals surface area contributed by atoms with Crippen molar-refractivity contribution in [3.63, 3.8) is 0 Å².